The second-order valence-corrected chi connectivity index (χ2v) is 7.34. The fourth-order valence-electron chi connectivity index (χ4n) is 1.83. The van der Waals surface area contributed by atoms with E-state index in [-0.39, 0.29) is 11.7 Å². The maximum Gasteiger partial charge on any atom is 0.444 e. The van der Waals surface area contributed by atoms with E-state index in [0.29, 0.717) is 5.03 Å². The first-order valence-corrected chi connectivity index (χ1v) is 9.03. The van der Waals surface area contributed by atoms with Crippen LogP contribution in [-0.4, -0.2) is 50.3 Å². The van der Waals surface area contributed by atoms with E-state index >= 15 is 0 Å². The molecule has 1 aliphatic rings. The van der Waals surface area contributed by atoms with Crippen molar-refractivity contribution in [3.05, 3.63) is 29.4 Å². The fourth-order valence-corrected chi connectivity index (χ4v) is 3.31. The van der Waals surface area contributed by atoms with Gasteiger partial charge in [-0.15, -0.1) is 0 Å². The molecule has 0 saturated carbocycles. The maximum atomic E-state index is 12.1. The van der Waals surface area contributed by atoms with Crippen LogP contribution in [0.4, 0.5) is 10.5 Å². The summed E-state index contributed by atoms with van der Waals surface area (Å²) < 4.78 is 6.61. The molecule has 1 heterocycles. The van der Waals surface area contributed by atoms with Crippen molar-refractivity contribution in [1.82, 2.24) is 15.1 Å². The fraction of sp³-hybridized carbons (Fsp3) is 0.333. The number of ether oxygens (including phenoxy) is 1. The van der Waals surface area contributed by atoms with Crippen LogP contribution in [0.15, 0.2) is 34.3 Å². The zero-order valence-electron chi connectivity index (χ0n) is 14.4. The molecule has 0 unspecified atom stereocenters. The summed E-state index contributed by atoms with van der Waals surface area (Å²) in [5, 5.41) is 3.10. The van der Waals surface area contributed by atoms with Crippen molar-refractivity contribution in [2.75, 3.05) is 38.9 Å². The number of rotatable bonds is 6. The maximum absolute atomic E-state index is 12.1. The van der Waals surface area contributed by atoms with E-state index in [1.165, 1.54) is 34.2 Å². The summed E-state index contributed by atoms with van der Waals surface area (Å²) in [5.41, 5.74) is 3.46. The number of anilines is 1. The Morgan fingerprint density at radius 3 is 2.72 bits per heavy atom. The summed E-state index contributed by atoms with van der Waals surface area (Å²) in [4.78, 5) is 31.0. The number of carbonyl (C=O) groups excluding carboxylic acids is 2. The van der Waals surface area contributed by atoms with Crippen LogP contribution in [0.25, 0.3) is 0 Å². The molecule has 2 N–H and O–H groups in total. The standard InChI is InChI=1S/C15H20N4O4S2/c1-18(2)11-7-10(22-4)5-6-12(11)25-19(3)15(21)23-17-14-8-16-13(20)9-24-14/h5-8,17H,9H2,1-4H3,(H,16,20). The lowest BCUT2D eigenvalue weighted by Gasteiger charge is -2.22. The van der Waals surface area contributed by atoms with Gasteiger partial charge in [-0.3, -0.25) is 4.79 Å². The third-order valence-corrected chi connectivity index (χ3v) is 4.99. The SMILES string of the molecule is COc1ccc(SN(C)C(=O)ONC2=CNC(=O)CS2)c(N(C)C)c1. The Morgan fingerprint density at radius 1 is 1.36 bits per heavy atom. The number of methoxy groups -OCH3 is 1. The Morgan fingerprint density at radius 2 is 2.12 bits per heavy atom. The van der Waals surface area contributed by atoms with Crippen LogP contribution in [0, 0.1) is 0 Å². The average Bonchev–Trinajstić information content (AvgIpc) is 2.61. The van der Waals surface area contributed by atoms with Crippen molar-refractivity contribution in [2.45, 2.75) is 4.90 Å². The second-order valence-electron chi connectivity index (χ2n) is 5.15. The predicted molar refractivity (Wildman–Crippen MR) is 99.2 cm³/mol. The molecule has 0 fully saturated rings. The van der Waals surface area contributed by atoms with Gasteiger partial charge in [0, 0.05) is 33.4 Å². The molecule has 1 aliphatic heterocycles. The van der Waals surface area contributed by atoms with Gasteiger partial charge in [-0.2, -0.15) is 0 Å². The molecular formula is C15H20N4O4S2. The molecule has 0 saturated heterocycles. The number of thioether (sulfide) groups is 1. The molecular weight excluding hydrogens is 364 g/mol. The van der Waals surface area contributed by atoms with Gasteiger partial charge in [0.05, 0.1) is 23.4 Å². The Bertz CT molecular complexity index is 681. The van der Waals surface area contributed by atoms with Gasteiger partial charge in [0.15, 0.2) is 0 Å². The van der Waals surface area contributed by atoms with Gasteiger partial charge in [-0.05, 0) is 24.1 Å². The van der Waals surface area contributed by atoms with E-state index in [0.717, 1.165) is 16.3 Å². The molecule has 2 rings (SSSR count). The van der Waals surface area contributed by atoms with Gasteiger partial charge in [0.2, 0.25) is 5.91 Å². The minimum absolute atomic E-state index is 0.0923. The lowest BCUT2D eigenvalue weighted by molar-refractivity contribution is -0.117. The zero-order chi connectivity index (χ0) is 18.4. The molecule has 0 aliphatic carbocycles. The number of nitrogens with one attached hydrogen (secondary N) is 2. The average molecular weight is 384 g/mol. The van der Waals surface area contributed by atoms with Crippen molar-refractivity contribution in [2.24, 2.45) is 0 Å². The van der Waals surface area contributed by atoms with Crippen molar-refractivity contribution < 1.29 is 19.2 Å². The van der Waals surface area contributed by atoms with Crippen LogP contribution < -0.4 is 20.4 Å². The number of nitrogens with zero attached hydrogens (tertiary/aromatic N) is 2. The minimum atomic E-state index is -0.566. The zero-order valence-corrected chi connectivity index (χ0v) is 16.0. The molecule has 2 amide bonds. The third kappa shape index (κ3) is 5.40. The van der Waals surface area contributed by atoms with E-state index in [1.807, 2.05) is 37.2 Å². The van der Waals surface area contributed by atoms with E-state index in [4.69, 9.17) is 9.57 Å². The first-order valence-electron chi connectivity index (χ1n) is 7.27. The predicted octanol–water partition coefficient (Wildman–Crippen LogP) is 2.00. The van der Waals surface area contributed by atoms with E-state index in [2.05, 4.69) is 10.8 Å². The van der Waals surface area contributed by atoms with E-state index < -0.39 is 6.09 Å². The number of hydrogen-bond acceptors (Lipinski definition) is 8. The normalized spacial score (nSPS) is 13.4. The third-order valence-electron chi connectivity index (χ3n) is 3.10. The van der Waals surface area contributed by atoms with Crippen molar-refractivity contribution in [3.63, 3.8) is 0 Å². The number of carbonyl (C=O) groups is 2. The Balaban J connectivity index is 1.95. The number of hydroxylamine groups is 1. The van der Waals surface area contributed by atoms with Crippen LogP contribution in [-0.2, 0) is 9.63 Å². The molecule has 0 aromatic heterocycles. The van der Waals surface area contributed by atoms with Crippen molar-refractivity contribution >= 4 is 41.4 Å². The number of amides is 2. The summed E-state index contributed by atoms with van der Waals surface area (Å²) in [5.74, 6) is 0.924. The highest BCUT2D eigenvalue weighted by molar-refractivity contribution is 8.03. The van der Waals surface area contributed by atoms with Crippen LogP contribution in [0.5, 0.6) is 5.75 Å². The lowest BCUT2D eigenvalue weighted by atomic mass is 10.3. The lowest BCUT2D eigenvalue weighted by Crippen LogP contribution is -2.31. The van der Waals surface area contributed by atoms with Gasteiger partial charge in [0.25, 0.3) is 0 Å². The summed E-state index contributed by atoms with van der Waals surface area (Å²) >= 11 is 2.49. The van der Waals surface area contributed by atoms with E-state index in [1.54, 1.807) is 14.2 Å². The van der Waals surface area contributed by atoms with Crippen molar-refractivity contribution in [1.29, 1.82) is 0 Å². The molecule has 0 bridgehead atoms. The molecule has 0 spiro atoms. The first kappa shape index (κ1) is 19.1. The molecule has 0 atom stereocenters. The molecule has 1 aromatic rings. The van der Waals surface area contributed by atoms with Crippen molar-refractivity contribution in [3.8, 4) is 5.75 Å². The van der Waals surface area contributed by atoms with Gasteiger partial charge in [0.1, 0.15) is 10.8 Å². The molecule has 25 heavy (non-hydrogen) atoms. The highest BCUT2D eigenvalue weighted by atomic mass is 32.2. The second kappa shape index (κ2) is 8.77. The molecule has 0 radical (unpaired) electrons. The van der Waals surface area contributed by atoms with Crippen LogP contribution >= 0.6 is 23.7 Å². The number of hydrogen-bond donors (Lipinski definition) is 2. The topological polar surface area (TPSA) is 83.1 Å². The van der Waals surface area contributed by atoms with E-state index in [9.17, 15) is 9.59 Å². The highest BCUT2D eigenvalue weighted by Crippen LogP contribution is 2.34. The molecule has 10 heteroatoms. The monoisotopic (exact) mass is 384 g/mol. The Labute approximate surface area is 155 Å². The minimum Gasteiger partial charge on any atom is -0.497 e. The van der Waals surface area contributed by atoms with Crippen LogP contribution in [0.1, 0.15) is 0 Å². The Hall–Kier alpha value is -2.20. The summed E-state index contributed by atoms with van der Waals surface area (Å²) in [6.45, 7) is 0. The smallest absolute Gasteiger partial charge is 0.444 e. The van der Waals surface area contributed by atoms with Gasteiger partial charge >= 0.3 is 6.09 Å². The Kier molecular flexibility index (Phi) is 6.71. The van der Waals surface area contributed by atoms with Gasteiger partial charge in [-0.25, -0.2) is 14.6 Å². The van der Waals surface area contributed by atoms with Crippen LogP contribution in [0.2, 0.25) is 0 Å². The summed E-state index contributed by atoms with van der Waals surface area (Å²) in [6.07, 6.45) is 0.897. The van der Waals surface area contributed by atoms with Crippen LogP contribution in [0.3, 0.4) is 0 Å². The summed E-state index contributed by atoms with van der Waals surface area (Å²) in [6, 6.07) is 5.61. The van der Waals surface area contributed by atoms with Gasteiger partial charge < -0.3 is 19.8 Å². The largest absolute Gasteiger partial charge is 0.497 e. The highest BCUT2D eigenvalue weighted by Gasteiger charge is 2.17. The first-order chi connectivity index (χ1) is 11.9. The molecule has 8 nitrogen and oxygen atoms in total. The van der Waals surface area contributed by atoms with Gasteiger partial charge in [-0.1, -0.05) is 11.8 Å². The quantitative estimate of drug-likeness (QED) is 0.569. The molecule has 1 aromatic carbocycles. The summed E-state index contributed by atoms with van der Waals surface area (Å²) in [7, 11) is 7.05. The number of benzene rings is 1. The molecule has 136 valence electrons.